The van der Waals surface area contributed by atoms with Gasteiger partial charge in [0.25, 0.3) is 5.91 Å². The molecule has 10 heteroatoms. The van der Waals surface area contributed by atoms with Gasteiger partial charge in [0.15, 0.2) is 9.84 Å². The largest absolute Gasteiger partial charge is 0.354 e. The molecule has 1 aromatic carbocycles. The number of hydrogen-bond acceptors (Lipinski definition) is 8. The number of fused-ring (bicyclic) bond motifs is 1. The summed E-state index contributed by atoms with van der Waals surface area (Å²) in [6.45, 7) is 3.65. The van der Waals surface area contributed by atoms with Crippen molar-refractivity contribution in [3.63, 3.8) is 0 Å². The first-order valence-electron chi connectivity index (χ1n) is 12.9. The third kappa shape index (κ3) is 4.97. The van der Waals surface area contributed by atoms with Gasteiger partial charge in [0.2, 0.25) is 0 Å². The van der Waals surface area contributed by atoms with E-state index < -0.39 is 9.84 Å². The number of nitrogens with zero attached hydrogens (tertiary/aromatic N) is 4. The van der Waals surface area contributed by atoms with Gasteiger partial charge in [-0.15, -0.1) is 0 Å². The summed E-state index contributed by atoms with van der Waals surface area (Å²) in [4.78, 5) is 29.4. The van der Waals surface area contributed by atoms with Crippen LogP contribution in [0.25, 0.3) is 22.3 Å². The van der Waals surface area contributed by atoms with Crippen LogP contribution in [-0.4, -0.2) is 54.7 Å². The van der Waals surface area contributed by atoms with Crippen molar-refractivity contribution in [3.8, 4) is 11.4 Å². The number of sulfone groups is 1. The number of nitrogens with two attached hydrogens (primary N) is 1. The molecule has 1 spiro atoms. The zero-order chi connectivity index (χ0) is 27.4. The highest BCUT2D eigenvalue weighted by Gasteiger charge is 2.53. The van der Waals surface area contributed by atoms with Crippen LogP contribution in [0.15, 0.2) is 65.7 Å². The number of benzene rings is 1. The lowest BCUT2D eigenvalue weighted by molar-refractivity contribution is 0.0950. The van der Waals surface area contributed by atoms with Crippen molar-refractivity contribution in [2.75, 3.05) is 24.2 Å². The minimum atomic E-state index is -3.43. The van der Waals surface area contributed by atoms with Gasteiger partial charge in [0.05, 0.1) is 34.0 Å². The van der Waals surface area contributed by atoms with Gasteiger partial charge in [0.1, 0.15) is 5.82 Å². The Morgan fingerprint density at radius 3 is 2.64 bits per heavy atom. The van der Waals surface area contributed by atoms with Crippen molar-refractivity contribution in [1.29, 1.82) is 0 Å². The zero-order valence-electron chi connectivity index (χ0n) is 21.9. The maximum absolute atomic E-state index is 12.7. The molecule has 1 aliphatic carbocycles. The standard InChI is InChI=1S/C29H30N6O3S/c1-18-6-7-19(12-25(18)39(2,37)38)28(36)32-15-21-13-24-20(14-31-21)8-9-23(33-24)22-4-3-5-27(34-22)35-16-26(30)29(17-35)10-11-29/h3-9,12-14,26H,10-11,15-17,30H2,1-2H3,(H,32,36)/t26-/m1/s1. The third-order valence-corrected chi connectivity index (χ3v) is 9.07. The number of pyridine rings is 3. The zero-order valence-corrected chi connectivity index (χ0v) is 22.7. The lowest BCUT2D eigenvalue weighted by Crippen LogP contribution is -2.30. The minimum Gasteiger partial charge on any atom is -0.354 e. The molecule has 2 fully saturated rings. The van der Waals surface area contributed by atoms with Crippen LogP contribution < -0.4 is 16.0 Å². The van der Waals surface area contributed by atoms with Crippen LogP contribution in [0.5, 0.6) is 0 Å². The Morgan fingerprint density at radius 1 is 1.10 bits per heavy atom. The molecule has 9 nitrogen and oxygen atoms in total. The number of hydrogen-bond donors (Lipinski definition) is 2. The van der Waals surface area contributed by atoms with Gasteiger partial charge in [-0.1, -0.05) is 12.1 Å². The number of rotatable bonds is 6. The number of nitrogens with one attached hydrogen (secondary N) is 1. The molecule has 4 heterocycles. The average molecular weight is 543 g/mol. The number of aromatic nitrogens is 3. The van der Waals surface area contributed by atoms with Crippen molar-refractivity contribution in [2.24, 2.45) is 11.1 Å². The highest BCUT2D eigenvalue weighted by Crippen LogP contribution is 2.52. The summed E-state index contributed by atoms with van der Waals surface area (Å²) < 4.78 is 24.1. The van der Waals surface area contributed by atoms with Crippen LogP contribution in [0, 0.1) is 12.3 Å². The Bertz CT molecular complexity index is 1720. The van der Waals surface area contributed by atoms with Crippen molar-refractivity contribution >= 4 is 32.5 Å². The molecule has 39 heavy (non-hydrogen) atoms. The van der Waals surface area contributed by atoms with Crippen LogP contribution in [-0.2, 0) is 16.4 Å². The van der Waals surface area contributed by atoms with E-state index in [0.717, 1.165) is 47.5 Å². The van der Waals surface area contributed by atoms with E-state index in [9.17, 15) is 13.2 Å². The summed E-state index contributed by atoms with van der Waals surface area (Å²) in [7, 11) is -3.43. The molecule has 1 atom stereocenters. The summed E-state index contributed by atoms with van der Waals surface area (Å²) in [6, 6.07) is 16.6. The van der Waals surface area contributed by atoms with E-state index in [1.165, 1.54) is 18.9 Å². The lowest BCUT2D eigenvalue weighted by Gasteiger charge is -2.18. The third-order valence-electron chi connectivity index (χ3n) is 7.83. The Balaban J connectivity index is 1.20. The summed E-state index contributed by atoms with van der Waals surface area (Å²) in [5.41, 5.74) is 10.5. The summed E-state index contributed by atoms with van der Waals surface area (Å²) in [6.07, 6.45) is 5.25. The van der Waals surface area contributed by atoms with Crippen molar-refractivity contribution in [3.05, 3.63) is 77.6 Å². The Hall–Kier alpha value is -3.89. The van der Waals surface area contributed by atoms with E-state index in [2.05, 4.69) is 15.2 Å². The lowest BCUT2D eigenvalue weighted by atomic mass is 10.0. The molecule has 1 amide bonds. The predicted molar refractivity (Wildman–Crippen MR) is 150 cm³/mol. The highest BCUT2D eigenvalue weighted by molar-refractivity contribution is 7.90. The van der Waals surface area contributed by atoms with Gasteiger partial charge in [0, 0.05) is 47.9 Å². The summed E-state index contributed by atoms with van der Waals surface area (Å²) >= 11 is 0. The first-order valence-corrected chi connectivity index (χ1v) is 14.8. The summed E-state index contributed by atoms with van der Waals surface area (Å²) in [5, 5.41) is 3.70. The minimum absolute atomic E-state index is 0.146. The molecule has 2 aliphatic rings. The molecule has 0 unspecified atom stereocenters. The molecule has 3 N–H and O–H groups in total. The Kier molecular flexibility index (Phi) is 6.11. The molecule has 3 aromatic heterocycles. The Labute approximate surface area is 227 Å². The maximum Gasteiger partial charge on any atom is 0.251 e. The number of amides is 1. The van der Waals surface area contributed by atoms with E-state index in [0.29, 0.717) is 11.3 Å². The van der Waals surface area contributed by atoms with Gasteiger partial charge in [-0.2, -0.15) is 0 Å². The summed E-state index contributed by atoms with van der Waals surface area (Å²) in [5.74, 6) is 0.543. The predicted octanol–water partition coefficient (Wildman–Crippen LogP) is 3.26. The molecular formula is C29H30N6O3S. The topological polar surface area (TPSA) is 131 Å². The van der Waals surface area contributed by atoms with Crippen LogP contribution >= 0.6 is 0 Å². The molecule has 6 rings (SSSR count). The molecule has 4 aromatic rings. The molecule has 1 saturated carbocycles. The molecule has 0 radical (unpaired) electrons. The second-order valence-corrected chi connectivity index (χ2v) is 12.7. The van der Waals surface area contributed by atoms with Gasteiger partial charge in [-0.3, -0.25) is 9.78 Å². The fourth-order valence-electron chi connectivity index (χ4n) is 5.31. The molecule has 1 aliphatic heterocycles. The first kappa shape index (κ1) is 25.4. The quantitative estimate of drug-likeness (QED) is 0.380. The van der Waals surface area contributed by atoms with E-state index in [1.54, 1.807) is 25.3 Å². The monoisotopic (exact) mass is 542 g/mol. The van der Waals surface area contributed by atoms with Crippen LogP contribution in [0.4, 0.5) is 5.82 Å². The number of carbonyl (C=O) groups is 1. The average Bonchev–Trinajstić information content (AvgIpc) is 3.63. The van der Waals surface area contributed by atoms with E-state index in [4.69, 9.17) is 15.7 Å². The van der Waals surface area contributed by atoms with Gasteiger partial charge < -0.3 is 16.0 Å². The fourth-order valence-corrected chi connectivity index (χ4v) is 6.30. The van der Waals surface area contributed by atoms with Crippen molar-refractivity contribution in [1.82, 2.24) is 20.3 Å². The van der Waals surface area contributed by atoms with Gasteiger partial charge in [-0.25, -0.2) is 18.4 Å². The van der Waals surface area contributed by atoms with Crippen molar-refractivity contribution in [2.45, 2.75) is 37.2 Å². The van der Waals surface area contributed by atoms with Crippen LogP contribution in [0.3, 0.4) is 0 Å². The SMILES string of the molecule is Cc1ccc(C(=O)NCc2cc3nc(-c4cccc(N5C[C@@H](N)C6(CC6)C5)n4)ccc3cn2)cc1S(C)(=O)=O. The molecule has 1 saturated heterocycles. The second-order valence-electron chi connectivity index (χ2n) is 10.7. The molecular weight excluding hydrogens is 512 g/mol. The fraction of sp³-hybridized carbons (Fsp3) is 0.310. The van der Waals surface area contributed by atoms with Crippen molar-refractivity contribution < 1.29 is 13.2 Å². The van der Waals surface area contributed by atoms with E-state index >= 15 is 0 Å². The van der Waals surface area contributed by atoms with E-state index in [-0.39, 0.29) is 34.4 Å². The number of carbonyl (C=O) groups excluding carboxylic acids is 1. The van der Waals surface area contributed by atoms with Gasteiger partial charge in [-0.05, 0) is 67.8 Å². The Morgan fingerprint density at radius 2 is 1.90 bits per heavy atom. The molecule has 0 bridgehead atoms. The number of aryl methyl sites for hydroxylation is 1. The smallest absolute Gasteiger partial charge is 0.251 e. The first-order chi connectivity index (χ1) is 18.6. The van der Waals surface area contributed by atoms with Crippen LogP contribution in [0.2, 0.25) is 0 Å². The normalized spacial score (nSPS) is 18.0. The number of anilines is 1. The van der Waals surface area contributed by atoms with Crippen LogP contribution in [0.1, 0.15) is 34.5 Å². The highest BCUT2D eigenvalue weighted by atomic mass is 32.2. The second kappa shape index (κ2) is 9.39. The van der Waals surface area contributed by atoms with E-state index in [1.807, 2.05) is 36.4 Å². The van der Waals surface area contributed by atoms with Gasteiger partial charge >= 0.3 is 0 Å². The molecule has 200 valence electrons. The maximum atomic E-state index is 12.7.